The van der Waals surface area contributed by atoms with Crippen molar-refractivity contribution in [2.75, 3.05) is 0 Å². The quantitative estimate of drug-likeness (QED) is 0.375. The zero-order chi connectivity index (χ0) is 6.85. The van der Waals surface area contributed by atoms with Gasteiger partial charge in [-0.1, -0.05) is 0 Å². The van der Waals surface area contributed by atoms with Crippen LogP contribution < -0.4 is 28.5 Å². The van der Waals surface area contributed by atoms with Gasteiger partial charge in [0.2, 0.25) is 0 Å². The summed E-state index contributed by atoms with van der Waals surface area (Å²) in [5.74, 6) is 0. The third kappa shape index (κ3) is 1.94. The summed E-state index contributed by atoms with van der Waals surface area (Å²) in [6.45, 7) is 4.24. The second kappa shape index (κ2) is 3.91. The van der Waals surface area contributed by atoms with Crippen LogP contribution in [0, 0.1) is 13.8 Å². The topological polar surface area (TPSA) is 3.88 Å². The third-order valence-corrected chi connectivity index (χ3v) is 1.76. The van der Waals surface area contributed by atoms with E-state index in [4.69, 9.17) is 0 Å². The second-order valence-corrected chi connectivity index (χ2v) is 2.39. The van der Waals surface area contributed by atoms with E-state index < -0.39 is 0 Å². The van der Waals surface area contributed by atoms with Gasteiger partial charge in [-0.3, -0.25) is 0 Å². The molecule has 0 aliphatic heterocycles. The van der Waals surface area contributed by atoms with Crippen LogP contribution in [0.15, 0.2) is 18.3 Å². The van der Waals surface area contributed by atoms with Crippen LogP contribution in [0.25, 0.3) is 0 Å². The molecule has 0 aromatic carbocycles. The Morgan fingerprint density at radius 2 is 1.90 bits per heavy atom. The van der Waals surface area contributed by atoms with Crippen LogP contribution in [0.1, 0.15) is 11.3 Å². The fraction of sp³-hybridized carbons (Fsp3) is 0.375. The van der Waals surface area contributed by atoms with E-state index in [-0.39, 0.29) is 24.0 Å². The summed E-state index contributed by atoms with van der Waals surface area (Å²) in [6.07, 6.45) is 2.06. The summed E-state index contributed by atoms with van der Waals surface area (Å²) in [5, 5.41) is 0. The fourth-order valence-corrected chi connectivity index (χ4v) is 0.827. The highest BCUT2D eigenvalue weighted by molar-refractivity contribution is 5.10. The van der Waals surface area contributed by atoms with Gasteiger partial charge in [0.1, 0.15) is 7.05 Å². The van der Waals surface area contributed by atoms with Crippen LogP contribution in [0.5, 0.6) is 0 Å². The highest BCUT2D eigenvalue weighted by Crippen LogP contribution is 1.96. The third-order valence-electron chi connectivity index (χ3n) is 1.76. The van der Waals surface area contributed by atoms with Crippen LogP contribution in [0.4, 0.5) is 0 Å². The number of aromatic nitrogens is 1. The predicted octanol–water partition coefficient (Wildman–Crippen LogP) is -1.87. The summed E-state index contributed by atoms with van der Waals surface area (Å²) in [5.41, 5.74) is 2.68. The molecule has 1 aromatic heterocycles. The summed E-state index contributed by atoms with van der Waals surface area (Å²) < 4.78 is 2.12. The molecule has 1 rings (SSSR count). The number of halogens is 1. The zero-order valence-corrected chi connectivity index (χ0v) is 8.71. The van der Waals surface area contributed by atoms with Crippen LogP contribution in [0.3, 0.4) is 0 Å². The first-order valence-corrected chi connectivity index (χ1v) is 3.13. The Kier molecular flexibility index (Phi) is 3.86. The number of pyridine rings is 1. The summed E-state index contributed by atoms with van der Waals surface area (Å²) in [6, 6.07) is 4.18. The Balaban J connectivity index is 0.000000810. The second-order valence-electron chi connectivity index (χ2n) is 2.39. The number of nitrogens with zero attached hydrogens (tertiary/aromatic N) is 1. The molecule has 0 unspecified atom stereocenters. The average Bonchev–Trinajstić information content (AvgIpc) is 1.83. The van der Waals surface area contributed by atoms with E-state index in [0.717, 1.165) is 0 Å². The van der Waals surface area contributed by atoms with Gasteiger partial charge in [0, 0.05) is 18.6 Å². The molecule has 56 valence electrons. The molecule has 0 bridgehead atoms. The van der Waals surface area contributed by atoms with E-state index in [0.29, 0.717) is 0 Å². The van der Waals surface area contributed by atoms with Crippen molar-refractivity contribution in [1.82, 2.24) is 0 Å². The van der Waals surface area contributed by atoms with Gasteiger partial charge >= 0.3 is 0 Å². The van der Waals surface area contributed by atoms with Gasteiger partial charge in [0.25, 0.3) is 0 Å². The smallest absolute Gasteiger partial charge is 0.180 e. The molecule has 2 heteroatoms. The zero-order valence-electron chi connectivity index (χ0n) is 6.56. The van der Waals surface area contributed by atoms with E-state index in [1.165, 1.54) is 11.3 Å². The first-order valence-electron chi connectivity index (χ1n) is 3.13. The summed E-state index contributed by atoms with van der Waals surface area (Å²) >= 11 is 0. The van der Waals surface area contributed by atoms with Crippen LogP contribution in [-0.4, -0.2) is 0 Å². The molecular weight excluding hydrogens is 237 g/mol. The Bertz CT molecular complexity index is 200. The molecule has 0 N–H and O–H groups in total. The van der Waals surface area contributed by atoms with Gasteiger partial charge < -0.3 is 24.0 Å². The first-order chi connectivity index (χ1) is 4.22. The first kappa shape index (κ1) is 9.88. The lowest BCUT2D eigenvalue weighted by atomic mass is 10.2. The molecule has 0 aliphatic rings. The molecule has 0 spiro atoms. The molecule has 1 nitrogen and oxygen atoms in total. The monoisotopic (exact) mass is 249 g/mol. The van der Waals surface area contributed by atoms with Crippen molar-refractivity contribution in [3.8, 4) is 0 Å². The molecule has 0 aliphatic carbocycles. The van der Waals surface area contributed by atoms with Gasteiger partial charge in [-0.15, -0.1) is 0 Å². The van der Waals surface area contributed by atoms with Gasteiger partial charge in [0.05, 0.1) is 0 Å². The van der Waals surface area contributed by atoms with Crippen molar-refractivity contribution in [3.05, 3.63) is 29.6 Å². The van der Waals surface area contributed by atoms with Crippen LogP contribution in [0.2, 0.25) is 0 Å². The minimum absolute atomic E-state index is 0. The standard InChI is InChI=1S/C8H12N.HI/c1-7-5-4-6-9(3)8(7)2;/h4-6H,1-3H3;1H/q+1;/p-1. The van der Waals surface area contributed by atoms with Crippen molar-refractivity contribution >= 4 is 0 Å². The Morgan fingerprint density at radius 1 is 1.30 bits per heavy atom. The van der Waals surface area contributed by atoms with Gasteiger partial charge in [-0.25, -0.2) is 4.57 Å². The number of rotatable bonds is 0. The molecular formula is C8H12IN. The van der Waals surface area contributed by atoms with Crippen molar-refractivity contribution < 1.29 is 28.5 Å². The number of hydrogen-bond donors (Lipinski definition) is 0. The van der Waals surface area contributed by atoms with Crippen molar-refractivity contribution in [3.63, 3.8) is 0 Å². The minimum atomic E-state index is 0. The minimum Gasteiger partial charge on any atom is -1.00 e. The number of hydrogen-bond acceptors (Lipinski definition) is 0. The molecule has 0 amide bonds. The van der Waals surface area contributed by atoms with Crippen molar-refractivity contribution in [1.29, 1.82) is 0 Å². The molecule has 1 aromatic rings. The van der Waals surface area contributed by atoms with Crippen LogP contribution in [-0.2, 0) is 7.05 Å². The van der Waals surface area contributed by atoms with E-state index >= 15 is 0 Å². The highest BCUT2D eigenvalue weighted by Gasteiger charge is 1.99. The lowest BCUT2D eigenvalue weighted by molar-refractivity contribution is -0.678. The van der Waals surface area contributed by atoms with Gasteiger partial charge in [-0.2, -0.15) is 0 Å². The Morgan fingerprint density at radius 3 is 2.30 bits per heavy atom. The molecule has 0 fully saturated rings. The molecule has 0 atom stereocenters. The average molecular weight is 249 g/mol. The van der Waals surface area contributed by atoms with E-state index in [9.17, 15) is 0 Å². The lowest BCUT2D eigenvalue weighted by Crippen LogP contribution is -3.00. The lowest BCUT2D eigenvalue weighted by Gasteiger charge is -1.94. The maximum atomic E-state index is 2.12. The van der Waals surface area contributed by atoms with E-state index in [2.05, 4.69) is 43.8 Å². The van der Waals surface area contributed by atoms with E-state index in [1.807, 2.05) is 0 Å². The molecule has 10 heavy (non-hydrogen) atoms. The van der Waals surface area contributed by atoms with Crippen molar-refractivity contribution in [2.45, 2.75) is 13.8 Å². The predicted molar refractivity (Wildman–Crippen MR) is 37.1 cm³/mol. The SMILES string of the molecule is Cc1ccc[n+](C)c1C.[I-]. The van der Waals surface area contributed by atoms with E-state index in [1.54, 1.807) is 0 Å². The maximum absolute atomic E-state index is 2.12. The van der Waals surface area contributed by atoms with Crippen LogP contribution >= 0.6 is 0 Å². The van der Waals surface area contributed by atoms with Gasteiger partial charge in [-0.05, 0) is 13.0 Å². The summed E-state index contributed by atoms with van der Waals surface area (Å²) in [7, 11) is 2.06. The van der Waals surface area contributed by atoms with Crippen molar-refractivity contribution in [2.24, 2.45) is 7.05 Å². The van der Waals surface area contributed by atoms with Gasteiger partial charge in [0.15, 0.2) is 11.9 Å². The Hall–Kier alpha value is -0.120. The largest absolute Gasteiger partial charge is 1.00 e. The molecule has 0 saturated carbocycles. The highest BCUT2D eigenvalue weighted by atomic mass is 127. The molecule has 0 radical (unpaired) electrons. The number of aryl methyl sites for hydroxylation is 2. The Labute approximate surface area is 79.1 Å². The molecule has 1 heterocycles. The maximum Gasteiger partial charge on any atom is 0.180 e. The fourth-order valence-electron chi connectivity index (χ4n) is 0.827. The summed E-state index contributed by atoms with van der Waals surface area (Å²) in [4.78, 5) is 0. The normalized spacial score (nSPS) is 8.70. The molecule has 0 saturated heterocycles.